The number of hydrogen-bond acceptors (Lipinski definition) is 5. The summed E-state index contributed by atoms with van der Waals surface area (Å²) in [6.45, 7) is 3.77. The van der Waals surface area contributed by atoms with Crippen LogP contribution in [0, 0.1) is 0 Å². The molecule has 2 heterocycles. The molecule has 6 nitrogen and oxygen atoms in total. The number of pyridine rings is 1. The van der Waals surface area contributed by atoms with Crippen LogP contribution in [0.4, 0.5) is 11.5 Å². The summed E-state index contributed by atoms with van der Waals surface area (Å²) in [6.07, 6.45) is 3.09. The fourth-order valence-electron chi connectivity index (χ4n) is 3.17. The molecule has 6 heteroatoms. The average molecular weight is 345 g/mol. The Hall–Kier alpha value is -3.67. The summed E-state index contributed by atoms with van der Waals surface area (Å²) in [4.78, 5) is 30.7. The molecule has 0 atom stereocenters. The Balaban J connectivity index is 1.90. The van der Waals surface area contributed by atoms with Gasteiger partial charge in [-0.25, -0.2) is 4.98 Å². The molecule has 2 N–H and O–H groups in total. The number of anilines is 2. The van der Waals surface area contributed by atoms with Crippen molar-refractivity contribution >= 4 is 34.1 Å². The molecule has 128 valence electrons. The van der Waals surface area contributed by atoms with Gasteiger partial charge in [-0.2, -0.15) is 0 Å². The van der Waals surface area contributed by atoms with Crippen molar-refractivity contribution in [3.8, 4) is 5.75 Å². The second-order valence-electron chi connectivity index (χ2n) is 5.89. The molecule has 1 aliphatic heterocycles. The monoisotopic (exact) mass is 345 g/mol. The van der Waals surface area contributed by atoms with Gasteiger partial charge in [0.2, 0.25) is 0 Å². The van der Waals surface area contributed by atoms with E-state index in [9.17, 15) is 14.7 Å². The molecule has 0 bridgehead atoms. The van der Waals surface area contributed by atoms with Gasteiger partial charge in [0, 0.05) is 40.3 Å². The molecule has 1 aromatic heterocycles. The smallest absolute Gasteiger partial charge is 0.261 e. The van der Waals surface area contributed by atoms with Gasteiger partial charge in [0.1, 0.15) is 0 Å². The number of rotatable bonds is 4. The molecule has 0 unspecified atom stereocenters. The zero-order chi connectivity index (χ0) is 18.3. The number of carbonyl (C=O) groups excluding carboxylic acids is 2. The van der Waals surface area contributed by atoms with Crippen molar-refractivity contribution in [1.82, 2.24) is 9.88 Å². The van der Waals surface area contributed by atoms with Gasteiger partial charge in [-0.1, -0.05) is 18.2 Å². The number of aromatic nitrogens is 1. The largest absolute Gasteiger partial charge is 0.504 e. The van der Waals surface area contributed by atoms with Crippen LogP contribution in [0.15, 0.2) is 61.3 Å². The third-order valence-electron chi connectivity index (χ3n) is 4.34. The van der Waals surface area contributed by atoms with Crippen LogP contribution in [0.5, 0.6) is 5.75 Å². The quantitative estimate of drug-likeness (QED) is 0.559. The van der Waals surface area contributed by atoms with Crippen LogP contribution in [0.3, 0.4) is 0 Å². The number of hydrogen-bond donors (Lipinski definition) is 2. The number of benzene rings is 2. The van der Waals surface area contributed by atoms with Gasteiger partial charge in [-0.3, -0.25) is 14.5 Å². The van der Waals surface area contributed by atoms with Crippen molar-refractivity contribution in [3.63, 3.8) is 0 Å². The first kappa shape index (κ1) is 15.8. The second-order valence-corrected chi connectivity index (χ2v) is 5.89. The van der Waals surface area contributed by atoms with E-state index in [1.807, 2.05) is 6.07 Å². The second kappa shape index (κ2) is 6.00. The van der Waals surface area contributed by atoms with Crippen LogP contribution >= 0.6 is 0 Å². The summed E-state index contributed by atoms with van der Waals surface area (Å²) in [7, 11) is 0. The van der Waals surface area contributed by atoms with Gasteiger partial charge >= 0.3 is 0 Å². The van der Waals surface area contributed by atoms with E-state index in [2.05, 4.69) is 16.9 Å². The first-order valence-corrected chi connectivity index (χ1v) is 8.05. The first-order valence-electron chi connectivity index (χ1n) is 8.05. The molecule has 0 saturated carbocycles. The Labute approximate surface area is 149 Å². The summed E-state index contributed by atoms with van der Waals surface area (Å²) in [6, 6.07) is 11.9. The average Bonchev–Trinajstić information content (AvgIpc) is 2.65. The van der Waals surface area contributed by atoms with E-state index in [1.165, 1.54) is 17.0 Å². The SMILES string of the molecule is C=CCN1C(=O)c2cccc3c(Nc4ncccc4O)ccc(c23)C1=O. The van der Waals surface area contributed by atoms with Crippen LogP contribution in [0.2, 0.25) is 0 Å². The van der Waals surface area contributed by atoms with Crippen molar-refractivity contribution in [2.45, 2.75) is 0 Å². The number of imide groups is 1. The number of carbonyl (C=O) groups is 2. The van der Waals surface area contributed by atoms with Crippen LogP contribution in [0.1, 0.15) is 20.7 Å². The highest BCUT2D eigenvalue weighted by atomic mass is 16.3. The molecule has 2 amide bonds. The van der Waals surface area contributed by atoms with Gasteiger partial charge in [0.05, 0.1) is 0 Å². The van der Waals surface area contributed by atoms with E-state index in [0.717, 1.165) is 0 Å². The predicted molar refractivity (Wildman–Crippen MR) is 98.7 cm³/mol. The Morgan fingerprint density at radius 2 is 1.85 bits per heavy atom. The van der Waals surface area contributed by atoms with E-state index in [0.29, 0.717) is 33.4 Å². The lowest BCUT2D eigenvalue weighted by atomic mass is 9.93. The summed E-state index contributed by atoms with van der Waals surface area (Å²) < 4.78 is 0. The summed E-state index contributed by atoms with van der Waals surface area (Å²) >= 11 is 0. The van der Waals surface area contributed by atoms with Crippen LogP contribution in [0.25, 0.3) is 10.8 Å². The Kier molecular flexibility index (Phi) is 3.65. The lowest BCUT2D eigenvalue weighted by Gasteiger charge is -2.27. The fourth-order valence-corrected chi connectivity index (χ4v) is 3.17. The van der Waals surface area contributed by atoms with Crippen LogP contribution in [-0.2, 0) is 0 Å². The van der Waals surface area contributed by atoms with Crippen LogP contribution < -0.4 is 5.32 Å². The third kappa shape index (κ3) is 2.31. The molecule has 0 saturated heterocycles. The summed E-state index contributed by atoms with van der Waals surface area (Å²) in [5.41, 5.74) is 1.58. The Morgan fingerprint density at radius 1 is 1.08 bits per heavy atom. The Bertz CT molecular complexity index is 1050. The molecule has 26 heavy (non-hydrogen) atoms. The molecule has 3 aromatic rings. The topological polar surface area (TPSA) is 82.5 Å². The maximum atomic E-state index is 12.7. The van der Waals surface area contributed by atoms with Gasteiger partial charge in [-0.05, 0) is 30.3 Å². The molecule has 0 radical (unpaired) electrons. The van der Waals surface area contributed by atoms with Crippen molar-refractivity contribution in [2.24, 2.45) is 0 Å². The van der Waals surface area contributed by atoms with Crippen molar-refractivity contribution in [2.75, 3.05) is 11.9 Å². The van der Waals surface area contributed by atoms with E-state index >= 15 is 0 Å². The minimum absolute atomic E-state index is 0.0114. The fraction of sp³-hybridized carbons (Fsp3) is 0.0500. The van der Waals surface area contributed by atoms with E-state index in [-0.39, 0.29) is 24.1 Å². The lowest BCUT2D eigenvalue weighted by Crippen LogP contribution is -2.40. The zero-order valence-electron chi connectivity index (χ0n) is 13.8. The van der Waals surface area contributed by atoms with E-state index in [4.69, 9.17) is 0 Å². The summed E-state index contributed by atoms with van der Waals surface area (Å²) in [5.74, 6) is -0.371. The normalized spacial score (nSPS) is 13.2. The van der Waals surface area contributed by atoms with E-state index < -0.39 is 0 Å². The Morgan fingerprint density at radius 3 is 2.58 bits per heavy atom. The van der Waals surface area contributed by atoms with E-state index in [1.54, 1.807) is 36.5 Å². The van der Waals surface area contributed by atoms with Gasteiger partial charge in [0.25, 0.3) is 11.8 Å². The molecule has 0 fully saturated rings. The number of aromatic hydroxyl groups is 1. The third-order valence-corrected chi connectivity index (χ3v) is 4.34. The van der Waals surface area contributed by atoms with Gasteiger partial charge in [0.15, 0.2) is 11.6 Å². The highest BCUT2D eigenvalue weighted by Crippen LogP contribution is 2.36. The minimum atomic E-state index is -0.342. The molecule has 2 aromatic carbocycles. The van der Waals surface area contributed by atoms with Gasteiger partial charge < -0.3 is 10.4 Å². The van der Waals surface area contributed by atoms with Crippen molar-refractivity contribution in [3.05, 3.63) is 72.4 Å². The summed E-state index contributed by atoms with van der Waals surface area (Å²) in [5, 5.41) is 14.3. The first-order chi connectivity index (χ1) is 12.6. The minimum Gasteiger partial charge on any atom is -0.504 e. The predicted octanol–water partition coefficient (Wildman–Crippen LogP) is 3.47. The molecule has 1 aliphatic rings. The molecular formula is C20H15N3O3. The lowest BCUT2D eigenvalue weighted by molar-refractivity contribution is 0.0629. The maximum Gasteiger partial charge on any atom is 0.261 e. The number of amides is 2. The molecule has 0 spiro atoms. The van der Waals surface area contributed by atoms with Crippen molar-refractivity contribution < 1.29 is 14.7 Å². The van der Waals surface area contributed by atoms with Crippen molar-refractivity contribution in [1.29, 1.82) is 0 Å². The highest BCUT2D eigenvalue weighted by molar-refractivity contribution is 6.26. The van der Waals surface area contributed by atoms with Crippen LogP contribution in [-0.4, -0.2) is 33.3 Å². The molecule has 4 rings (SSSR count). The maximum absolute atomic E-state index is 12.7. The standard InChI is InChI=1S/C20H15N3O3/c1-2-11-23-19(25)13-6-3-5-12-15(9-8-14(17(12)13)20(23)26)22-18-16(24)7-4-10-21-18/h2-10,24H,1,11H2,(H,21,22). The zero-order valence-corrected chi connectivity index (χ0v) is 13.8. The highest BCUT2D eigenvalue weighted by Gasteiger charge is 2.32. The molecule has 0 aliphatic carbocycles. The number of nitrogens with zero attached hydrogens (tertiary/aromatic N) is 2. The van der Waals surface area contributed by atoms with Gasteiger partial charge in [-0.15, -0.1) is 6.58 Å². The number of nitrogens with one attached hydrogen (secondary N) is 1. The molecular weight excluding hydrogens is 330 g/mol.